The Labute approximate surface area is 141 Å². The quantitative estimate of drug-likeness (QED) is 0.743. The van der Waals surface area contributed by atoms with Crippen LogP contribution in [0.3, 0.4) is 0 Å². The summed E-state index contributed by atoms with van der Waals surface area (Å²) in [7, 11) is -6.39. The third-order valence-electron chi connectivity index (χ3n) is 4.43. The predicted molar refractivity (Wildman–Crippen MR) is 88.9 cm³/mol. The van der Waals surface area contributed by atoms with Gasteiger partial charge >= 0.3 is 0 Å². The number of sulfone groups is 1. The van der Waals surface area contributed by atoms with E-state index in [0.717, 1.165) is 11.4 Å². The van der Waals surface area contributed by atoms with Crippen molar-refractivity contribution in [3.63, 3.8) is 0 Å². The number of rotatable bonds is 4. The standard InChI is InChI=1S/C13H21N3O4S3/c1-2-12-14-9-13(21-12)23(19,20)16-6-4-15(5-7-16)11-3-8-22(17,18)10-11/h9,11H,2-8,10H2,1H3. The van der Waals surface area contributed by atoms with Crippen LogP contribution in [0.4, 0.5) is 0 Å². The second-order valence-corrected chi connectivity index (χ2v) is 11.4. The third kappa shape index (κ3) is 3.60. The van der Waals surface area contributed by atoms with Crippen molar-refractivity contribution in [2.75, 3.05) is 37.7 Å². The molecule has 2 saturated heterocycles. The largest absolute Gasteiger partial charge is 0.297 e. The van der Waals surface area contributed by atoms with Gasteiger partial charge in [0, 0.05) is 32.2 Å². The Bertz CT molecular complexity index is 764. The molecule has 7 nitrogen and oxygen atoms in total. The molecule has 3 heterocycles. The molecule has 1 unspecified atom stereocenters. The number of nitrogens with zero attached hydrogens (tertiary/aromatic N) is 3. The topological polar surface area (TPSA) is 87.7 Å². The number of thiazole rings is 1. The van der Waals surface area contributed by atoms with Gasteiger partial charge in [-0.3, -0.25) is 4.90 Å². The Morgan fingerprint density at radius 2 is 2.00 bits per heavy atom. The molecule has 0 radical (unpaired) electrons. The van der Waals surface area contributed by atoms with Gasteiger partial charge in [-0.15, -0.1) is 11.3 Å². The third-order valence-corrected chi connectivity index (χ3v) is 9.65. The van der Waals surface area contributed by atoms with E-state index in [0.29, 0.717) is 36.8 Å². The number of sulfonamides is 1. The molecule has 0 N–H and O–H groups in total. The maximum atomic E-state index is 12.6. The van der Waals surface area contributed by atoms with Crippen LogP contribution in [0.25, 0.3) is 0 Å². The predicted octanol–water partition coefficient (Wildman–Crippen LogP) is 0.199. The van der Waals surface area contributed by atoms with E-state index in [1.54, 1.807) is 0 Å². The second kappa shape index (κ2) is 6.40. The molecule has 23 heavy (non-hydrogen) atoms. The average Bonchev–Trinajstić information content (AvgIpc) is 3.14. The Kier molecular flexibility index (Phi) is 4.81. The number of aromatic nitrogens is 1. The molecular weight excluding hydrogens is 358 g/mol. The van der Waals surface area contributed by atoms with Crippen LogP contribution in [0, 0.1) is 0 Å². The van der Waals surface area contributed by atoms with Gasteiger partial charge in [0.1, 0.15) is 0 Å². The van der Waals surface area contributed by atoms with Gasteiger partial charge < -0.3 is 0 Å². The van der Waals surface area contributed by atoms with Crippen LogP contribution in [0.5, 0.6) is 0 Å². The van der Waals surface area contributed by atoms with Gasteiger partial charge in [-0.2, -0.15) is 4.31 Å². The minimum Gasteiger partial charge on any atom is -0.297 e. The summed E-state index contributed by atoms with van der Waals surface area (Å²) < 4.78 is 50.2. The maximum Gasteiger partial charge on any atom is 0.254 e. The molecule has 2 aliphatic rings. The fourth-order valence-corrected chi connectivity index (χ4v) is 7.54. The van der Waals surface area contributed by atoms with Crippen molar-refractivity contribution in [3.05, 3.63) is 11.2 Å². The highest BCUT2D eigenvalue weighted by atomic mass is 32.2. The highest BCUT2D eigenvalue weighted by Crippen LogP contribution is 2.25. The summed E-state index contributed by atoms with van der Waals surface area (Å²) in [5, 5.41) is 0.818. The first kappa shape index (κ1) is 17.3. The van der Waals surface area contributed by atoms with E-state index in [2.05, 4.69) is 9.88 Å². The Morgan fingerprint density at radius 1 is 1.30 bits per heavy atom. The average molecular weight is 380 g/mol. The number of aryl methyl sites for hydroxylation is 1. The zero-order chi connectivity index (χ0) is 16.7. The van der Waals surface area contributed by atoms with Gasteiger partial charge in [-0.25, -0.2) is 21.8 Å². The van der Waals surface area contributed by atoms with Crippen molar-refractivity contribution in [2.24, 2.45) is 0 Å². The van der Waals surface area contributed by atoms with Gasteiger partial charge in [0.2, 0.25) is 0 Å². The van der Waals surface area contributed by atoms with Crippen molar-refractivity contribution >= 4 is 31.2 Å². The summed E-state index contributed by atoms with van der Waals surface area (Å²) in [6.45, 7) is 3.91. The van der Waals surface area contributed by atoms with Crippen LogP contribution in [0.15, 0.2) is 10.4 Å². The zero-order valence-corrected chi connectivity index (χ0v) is 15.5. The van der Waals surface area contributed by atoms with Crippen molar-refractivity contribution in [2.45, 2.75) is 30.0 Å². The van der Waals surface area contributed by atoms with E-state index in [1.165, 1.54) is 21.8 Å². The maximum absolute atomic E-state index is 12.6. The summed E-state index contributed by atoms with van der Waals surface area (Å²) in [6.07, 6.45) is 2.82. The SMILES string of the molecule is CCc1ncc(S(=O)(=O)N2CCN(C3CCS(=O)(=O)C3)CC2)s1. The lowest BCUT2D eigenvalue weighted by molar-refractivity contribution is 0.148. The van der Waals surface area contributed by atoms with E-state index in [9.17, 15) is 16.8 Å². The highest BCUT2D eigenvalue weighted by Gasteiger charge is 2.36. The molecule has 0 aromatic carbocycles. The Hall–Kier alpha value is -0.550. The molecule has 0 spiro atoms. The van der Waals surface area contributed by atoms with Crippen LogP contribution in [0.2, 0.25) is 0 Å². The number of hydrogen-bond acceptors (Lipinski definition) is 7. The van der Waals surface area contributed by atoms with Crippen LogP contribution in [-0.2, 0) is 26.3 Å². The van der Waals surface area contributed by atoms with Crippen LogP contribution >= 0.6 is 11.3 Å². The van der Waals surface area contributed by atoms with Crippen LogP contribution < -0.4 is 0 Å². The molecule has 10 heteroatoms. The number of hydrogen-bond donors (Lipinski definition) is 0. The summed E-state index contributed by atoms with van der Waals surface area (Å²) in [5.74, 6) is 0.450. The minimum absolute atomic E-state index is 0.0416. The van der Waals surface area contributed by atoms with Gasteiger partial charge in [-0.1, -0.05) is 6.92 Å². The minimum atomic E-state index is -3.48. The molecule has 1 aromatic rings. The molecule has 1 atom stereocenters. The van der Waals surface area contributed by atoms with Gasteiger partial charge in [0.25, 0.3) is 10.0 Å². The van der Waals surface area contributed by atoms with Crippen LogP contribution in [-0.4, -0.2) is 74.8 Å². The van der Waals surface area contributed by atoms with E-state index in [4.69, 9.17) is 0 Å². The lowest BCUT2D eigenvalue weighted by atomic mass is 10.2. The van der Waals surface area contributed by atoms with Gasteiger partial charge in [0.05, 0.1) is 22.7 Å². The molecule has 0 amide bonds. The van der Waals surface area contributed by atoms with Crippen molar-refractivity contribution < 1.29 is 16.8 Å². The summed E-state index contributed by atoms with van der Waals surface area (Å²) in [5.41, 5.74) is 0. The highest BCUT2D eigenvalue weighted by molar-refractivity contribution is 7.91. The molecular formula is C13H21N3O4S3. The van der Waals surface area contributed by atoms with Crippen molar-refractivity contribution in [3.8, 4) is 0 Å². The Balaban J connectivity index is 1.64. The molecule has 1 aromatic heterocycles. The lowest BCUT2D eigenvalue weighted by Gasteiger charge is -2.36. The first-order valence-corrected chi connectivity index (χ1v) is 11.8. The Morgan fingerprint density at radius 3 is 2.52 bits per heavy atom. The molecule has 0 saturated carbocycles. The molecule has 0 bridgehead atoms. The fraction of sp³-hybridized carbons (Fsp3) is 0.769. The monoisotopic (exact) mass is 379 g/mol. The molecule has 0 aliphatic carbocycles. The normalized spacial score (nSPS) is 26.6. The van der Waals surface area contributed by atoms with E-state index in [1.807, 2.05) is 6.92 Å². The first-order chi connectivity index (χ1) is 10.8. The molecule has 130 valence electrons. The molecule has 3 rings (SSSR count). The van der Waals surface area contributed by atoms with Gasteiger partial charge in [-0.05, 0) is 12.8 Å². The summed E-state index contributed by atoms with van der Waals surface area (Å²) >= 11 is 1.23. The van der Waals surface area contributed by atoms with Crippen LogP contribution in [0.1, 0.15) is 18.4 Å². The van der Waals surface area contributed by atoms with Gasteiger partial charge in [0.15, 0.2) is 14.0 Å². The lowest BCUT2D eigenvalue weighted by Crippen LogP contribution is -2.52. The fourth-order valence-electron chi connectivity index (χ4n) is 3.08. The van der Waals surface area contributed by atoms with Crippen molar-refractivity contribution in [1.82, 2.24) is 14.2 Å². The van der Waals surface area contributed by atoms with E-state index in [-0.39, 0.29) is 17.5 Å². The van der Waals surface area contributed by atoms with E-state index >= 15 is 0 Å². The van der Waals surface area contributed by atoms with E-state index < -0.39 is 19.9 Å². The number of piperazine rings is 1. The second-order valence-electron chi connectivity index (χ2n) is 5.92. The molecule has 2 aliphatic heterocycles. The summed E-state index contributed by atoms with van der Waals surface area (Å²) in [4.78, 5) is 6.24. The zero-order valence-electron chi connectivity index (χ0n) is 13.0. The van der Waals surface area contributed by atoms with Crippen molar-refractivity contribution in [1.29, 1.82) is 0 Å². The summed E-state index contributed by atoms with van der Waals surface area (Å²) in [6, 6.07) is 0.0416. The smallest absolute Gasteiger partial charge is 0.254 e. The molecule has 2 fully saturated rings. The first-order valence-electron chi connectivity index (χ1n) is 7.71.